The summed E-state index contributed by atoms with van der Waals surface area (Å²) < 4.78 is 10.2. The predicted octanol–water partition coefficient (Wildman–Crippen LogP) is 3.44. The van der Waals surface area contributed by atoms with Gasteiger partial charge in [-0.2, -0.15) is 0 Å². The van der Waals surface area contributed by atoms with Gasteiger partial charge in [-0.1, -0.05) is 23.7 Å². The first-order chi connectivity index (χ1) is 12.3. The number of nitro groups is 1. The van der Waals surface area contributed by atoms with Gasteiger partial charge >= 0.3 is 5.97 Å². The van der Waals surface area contributed by atoms with Crippen LogP contribution in [0.15, 0.2) is 42.5 Å². The minimum atomic E-state index is -1.20. The van der Waals surface area contributed by atoms with Gasteiger partial charge in [-0.3, -0.25) is 14.9 Å². The summed E-state index contributed by atoms with van der Waals surface area (Å²) in [5.74, 6) is -1.24. The number of amides is 1. The molecule has 0 saturated heterocycles. The molecule has 0 radical (unpaired) electrons. The SMILES string of the molecule is COc1ccc(Cl)cc1NC(=O)[C@H](C)OC(=O)c1ccccc1[N+](=O)[O-]. The molecule has 0 aromatic heterocycles. The monoisotopic (exact) mass is 378 g/mol. The van der Waals surface area contributed by atoms with Crippen LogP contribution in [0, 0.1) is 10.1 Å². The maximum Gasteiger partial charge on any atom is 0.345 e. The zero-order valence-electron chi connectivity index (χ0n) is 13.9. The van der Waals surface area contributed by atoms with Gasteiger partial charge in [0, 0.05) is 11.1 Å². The van der Waals surface area contributed by atoms with Gasteiger partial charge in [-0.25, -0.2) is 4.79 Å². The normalized spacial score (nSPS) is 11.3. The number of nitrogens with zero attached hydrogens (tertiary/aromatic N) is 1. The number of anilines is 1. The average molecular weight is 379 g/mol. The summed E-state index contributed by atoms with van der Waals surface area (Å²) in [4.78, 5) is 34.7. The van der Waals surface area contributed by atoms with Gasteiger partial charge in [-0.15, -0.1) is 0 Å². The molecule has 1 amide bonds. The van der Waals surface area contributed by atoms with E-state index < -0.39 is 28.6 Å². The highest BCUT2D eigenvalue weighted by molar-refractivity contribution is 6.31. The second kappa shape index (κ2) is 8.30. The summed E-state index contributed by atoms with van der Waals surface area (Å²) in [5.41, 5.74) is -0.335. The summed E-state index contributed by atoms with van der Waals surface area (Å²) in [6, 6.07) is 9.97. The highest BCUT2D eigenvalue weighted by atomic mass is 35.5. The number of benzene rings is 2. The Labute approximate surface area is 153 Å². The number of hydrogen-bond donors (Lipinski definition) is 1. The highest BCUT2D eigenvalue weighted by Gasteiger charge is 2.25. The number of nitrogens with one attached hydrogen (secondary N) is 1. The van der Waals surface area contributed by atoms with Crippen molar-refractivity contribution in [3.63, 3.8) is 0 Å². The van der Waals surface area contributed by atoms with E-state index in [1.807, 2.05) is 0 Å². The third-order valence-corrected chi connectivity index (χ3v) is 3.63. The van der Waals surface area contributed by atoms with Crippen LogP contribution in [0.5, 0.6) is 5.75 Å². The number of carbonyl (C=O) groups is 2. The Bertz CT molecular complexity index is 855. The number of ether oxygens (including phenoxy) is 2. The molecule has 0 spiro atoms. The number of rotatable bonds is 6. The van der Waals surface area contributed by atoms with E-state index in [2.05, 4.69) is 5.32 Å². The maximum atomic E-state index is 12.3. The quantitative estimate of drug-likeness (QED) is 0.468. The van der Waals surface area contributed by atoms with E-state index >= 15 is 0 Å². The molecule has 26 heavy (non-hydrogen) atoms. The molecular formula is C17H15ClN2O6. The fraction of sp³-hybridized carbons (Fsp3) is 0.176. The summed E-state index contributed by atoms with van der Waals surface area (Å²) in [6.07, 6.45) is -1.20. The lowest BCUT2D eigenvalue weighted by molar-refractivity contribution is -0.385. The van der Waals surface area contributed by atoms with Crippen molar-refractivity contribution in [1.82, 2.24) is 0 Å². The molecule has 0 bridgehead atoms. The molecule has 0 aliphatic carbocycles. The molecule has 2 rings (SSSR count). The number of halogens is 1. The molecule has 1 atom stereocenters. The number of hydrogen-bond acceptors (Lipinski definition) is 6. The lowest BCUT2D eigenvalue weighted by Crippen LogP contribution is -2.30. The molecule has 8 nitrogen and oxygen atoms in total. The van der Waals surface area contributed by atoms with E-state index in [9.17, 15) is 19.7 Å². The van der Waals surface area contributed by atoms with Gasteiger partial charge in [0.2, 0.25) is 0 Å². The van der Waals surface area contributed by atoms with Crippen molar-refractivity contribution in [2.45, 2.75) is 13.0 Å². The van der Waals surface area contributed by atoms with Gasteiger partial charge in [-0.05, 0) is 31.2 Å². The average Bonchev–Trinajstić information content (AvgIpc) is 2.61. The van der Waals surface area contributed by atoms with E-state index in [0.717, 1.165) is 0 Å². The fourth-order valence-electron chi connectivity index (χ4n) is 2.10. The number of esters is 1. The van der Waals surface area contributed by atoms with Gasteiger partial charge in [0.15, 0.2) is 6.10 Å². The molecule has 136 valence electrons. The first-order valence-electron chi connectivity index (χ1n) is 7.42. The molecule has 2 aromatic carbocycles. The second-order valence-electron chi connectivity index (χ2n) is 5.16. The van der Waals surface area contributed by atoms with Crippen LogP contribution in [0.1, 0.15) is 17.3 Å². The molecule has 0 fully saturated rings. The van der Waals surface area contributed by atoms with Crippen molar-refractivity contribution >= 4 is 34.9 Å². The Hall–Kier alpha value is -3.13. The molecule has 0 aliphatic heterocycles. The molecule has 2 aromatic rings. The lowest BCUT2D eigenvalue weighted by Gasteiger charge is -2.15. The smallest absolute Gasteiger partial charge is 0.345 e. The Kier molecular flexibility index (Phi) is 6.13. The van der Waals surface area contributed by atoms with E-state index in [1.165, 1.54) is 44.4 Å². The van der Waals surface area contributed by atoms with Crippen LogP contribution in [0.3, 0.4) is 0 Å². The minimum absolute atomic E-state index is 0.238. The Balaban J connectivity index is 2.11. The summed E-state index contributed by atoms with van der Waals surface area (Å²) in [6.45, 7) is 1.35. The summed E-state index contributed by atoms with van der Waals surface area (Å²) in [5, 5.41) is 13.9. The van der Waals surface area contributed by atoms with Gasteiger partial charge in [0.05, 0.1) is 17.7 Å². The minimum Gasteiger partial charge on any atom is -0.495 e. The highest BCUT2D eigenvalue weighted by Crippen LogP contribution is 2.28. The van der Waals surface area contributed by atoms with E-state index in [1.54, 1.807) is 12.1 Å². The fourth-order valence-corrected chi connectivity index (χ4v) is 2.27. The van der Waals surface area contributed by atoms with Gasteiger partial charge < -0.3 is 14.8 Å². The van der Waals surface area contributed by atoms with E-state index in [-0.39, 0.29) is 5.56 Å². The second-order valence-corrected chi connectivity index (χ2v) is 5.59. The molecule has 0 aliphatic rings. The zero-order chi connectivity index (χ0) is 19.3. The van der Waals surface area contributed by atoms with Crippen LogP contribution >= 0.6 is 11.6 Å². The topological polar surface area (TPSA) is 108 Å². The third kappa shape index (κ3) is 4.48. The lowest BCUT2D eigenvalue weighted by atomic mass is 10.2. The molecule has 1 N–H and O–H groups in total. The molecule has 0 saturated carbocycles. The number of methoxy groups -OCH3 is 1. The number of carbonyl (C=O) groups excluding carboxylic acids is 2. The largest absolute Gasteiger partial charge is 0.495 e. The molecule has 0 unspecified atom stereocenters. The Morgan fingerprint density at radius 1 is 1.23 bits per heavy atom. The first-order valence-corrected chi connectivity index (χ1v) is 7.80. The molecule has 0 heterocycles. The van der Waals surface area contributed by atoms with E-state index in [0.29, 0.717) is 16.5 Å². The van der Waals surface area contributed by atoms with Gasteiger partial charge in [0.25, 0.3) is 11.6 Å². The maximum absolute atomic E-state index is 12.3. The van der Waals surface area contributed by atoms with Crippen molar-refractivity contribution in [2.75, 3.05) is 12.4 Å². The summed E-state index contributed by atoms with van der Waals surface area (Å²) in [7, 11) is 1.43. The van der Waals surface area contributed by atoms with Crippen LogP contribution in [0.4, 0.5) is 11.4 Å². The summed E-state index contributed by atoms with van der Waals surface area (Å²) >= 11 is 5.89. The van der Waals surface area contributed by atoms with Crippen molar-refractivity contribution in [3.05, 3.63) is 63.2 Å². The first kappa shape index (κ1) is 19.2. The Morgan fingerprint density at radius 3 is 2.58 bits per heavy atom. The number of nitro benzene ring substituents is 1. The zero-order valence-corrected chi connectivity index (χ0v) is 14.6. The van der Waals surface area contributed by atoms with Crippen molar-refractivity contribution in [3.8, 4) is 5.75 Å². The van der Waals surface area contributed by atoms with Crippen LogP contribution in [-0.4, -0.2) is 30.0 Å². The molecule has 9 heteroatoms. The predicted molar refractivity (Wildman–Crippen MR) is 94.6 cm³/mol. The van der Waals surface area contributed by atoms with Crippen molar-refractivity contribution in [2.24, 2.45) is 0 Å². The Morgan fingerprint density at radius 2 is 1.92 bits per heavy atom. The van der Waals surface area contributed by atoms with Crippen LogP contribution in [0.25, 0.3) is 0 Å². The molecular weight excluding hydrogens is 364 g/mol. The van der Waals surface area contributed by atoms with Crippen molar-refractivity contribution in [1.29, 1.82) is 0 Å². The van der Waals surface area contributed by atoms with Gasteiger partial charge in [0.1, 0.15) is 11.3 Å². The van der Waals surface area contributed by atoms with Crippen LogP contribution in [0.2, 0.25) is 5.02 Å². The van der Waals surface area contributed by atoms with Crippen LogP contribution in [-0.2, 0) is 9.53 Å². The van der Waals surface area contributed by atoms with E-state index in [4.69, 9.17) is 21.1 Å². The standard InChI is InChI=1S/C17H15ClN2O6/c1-10(16(21)19-13-9-11(18)7-8-15(13)25-2)26-17(22)12-5-3-4-6-14(12)20(23)24/h3-10H,1-2H3,(H,19,21)/t10-/m0/s1. The number of para-hydroxylation sites is 1. The third-order valence-electron chi connectivity index (χ3n) is 3.39. The van der Waals surface area contributed by atoms with Crippen molar-refractivity contribution < 1.29 is 24.0 Å². The van der Waals surface area contributed by atoms with Crippen LogP contribution < -0.4 is 10.1 Å².